The molecule has 0 aliphatic heterocycles. The number of hydrogen-bond acceptors (Lipinski definition) is 4. The third-order valence-electron chi connectivity index (χ3n) is 3.46. The van der Waals surface area contributed by atoms with E-state index in [1.54, 1.807) is 0 Å². The molecule has 0 unspecified atom stereocenters. The van der Waals surface area contributed by atoms with Crippen LogP contribution in [0.3, 0.4) is 0 Å². The number of rotatable bonds is 2. The first-order valence-corrected chi connectivity index (χ1v) is 7.31. The molecular formula is C16H14BrN3O. The summed E-state index contributed by atoms with van der Waals surface area (Å²) < 4.78 is 6.42. The van der Waals surface area contributed by atoms with Crippen LogP contribution < -0.4 is 5.73 Å². The van der Waals surface area contributed by atoms with Crippen LogP contribution in [0, 0.1) is 13.8 Å². The lowest BCUT2D eigenvalue weighted by Crippen LogP contribution is -1.92. The molecule has 0 radical (unpaired) electrons. The first-order chi connectivity index (χ1) is 10.1. The average molecular weight is 344 g/mol. The van der Waals surface area contributed by atoms with Gasteiger partial charge < -0.3 is 10.3 Å². The van der Waals surface area contributed by atoms with Gasteiger partial charge in [-0.05, 0) is 55.3 Å². The fourth-order valence-electron chi connectivity index (χ4n) is 2.21. The summed E-state index contributed by atoms with van der Waals surface area (Å²) in [6.07, 6.45) is 0. The summed E-state index contributed by atoms with van der Waals surface area (Å²) >= 11 is 3.45. The van der Waals surface area contributed by atoms with Gasteiger partial charge >= 0.3 is 0 Å². The lowest BCUT2D eigenvalue weighted by molar-refractivity contribution is 0.432. The molecule has 0 aliphatic rings. The van der Waals surface area contributed by atoms with Crippen molar-refractivity contribution < 1.29 is 4.52 Å². The SMILES string of the molecule is Cc1cc(Br)ccc1-c1noc(-c2cccc(N)c2C)n1. The molecule has 1 heterocycles. The van der Waals surface area contributed by atoms with Crippen molar-refractivity contribution in [1.82, 2.24) is 10.1 Å². The summed E-state index contributed by atoms with van der Waals surface area (Å²) in [6.45, 7) is 3.96. The molecule has 0 aliphatic carbocycles. The molecule has 0 atom stereocenters. The van der Waals surface area contributed by atoms with Crippen LogP contribution in [0.5, 0.6) is 0 Å². The fraction of sp³-hybridized carbons (Fsp3) is 0.125. The monoisotopic (exact) mass is 343 g/mol. The zero-order chi connectivity index (χ0) is 15.0. The van der Waals surface area contributed by atoms with E-state index in [9.17, 15) is 0 Å². The van der Waals surface area contributed by atoms with E-state index in [1.165, 1.54) is 0 Å². The lowest BCUT2D eigenvalue weighted by atomic mass is 10.1. The minimum absolute atomic E-state index is 0.483. The largest absolute Gasteiger partial charge is 0.398 e. The van der Waals surface area contributed by atoms with Gasteiger partial charge in [0.1, 0.15) is 0 Å². The number of aromatic nitrogens is 2. The first-order valence-electron chi connectivity index (χ1n) is 6.52. The maximum absolute atomic E-state index is 5.92. The van der Waals surface area contributed by atoms with Gasteiger partial charge in [0.2, 0.25) is 5.82 Å². The lowest BCUT2D eigenvalue weighted by Gasteiger charge is -2.03. The number of hydrogen-bond donors (Lipinski definition) is 1. The third-order valence-corrected chi connectivity index (χ3v) is 3.95. The highest BCUT2D eigenvalue weighted by atomic mass is 79.9. The van der Waals surface area contributed by atoms with Gasteiger partial charge in [-0.25, -0.2) is 0 Å². The van der Waals surface area contributed by atoms with E-state index < -0.39 is 0 Å². The van der Waals surface area contributed by atoms with E-state index in [0.29, 0.717) is 17.4 Å². The molecular weight excluding hydrogens is 330 g/mol. The maximum Gasteiger partial charge on any atom is 0.258 e. The highest BCUT2D eigenvalue weighted by Gasteiger charge is 2.14. The second-order valence-electron chi connectivity index (χ2n) is 4.90. The number of benzene rings is 2. The summed E-state index contributed by atoms with van der Waals surface area (Å²) in [4.78, 5) is 4.49. The predicted molar refractivity (Wildman–Crippen MR) is 86.8 cm³/mol. The van der Waals surface area contributed by atoms with Crippen molar-refractivity contribution in [3.05, 3.63) is 52.0 Å². The Morgan fingerprint density at radius 3 is 2.67 bits per heavy atom. The van der Waals surface area contributed by atoms with Crippen LogP contribution in [0.25, 0.3) is 22.8 Å². The van der Waals surface area contributed by atoms with Crippen molar-refractivity contribution >= 4 is 21.6 Å². The van der Waals surface area contributed by atoms with Gasteiger partial charge in [0.05, 0.1) is 0 Å². The molecule has 0 saturated heterocycles. The molecule has 4 nitrogen and oxygen atoms in total. The van der Waals surface area contributed by atoms with Crippen LogP contribution in [-0.2, 0) is 0 Å². The molecule has 0 saturated carbocycles. The van der Waals surface area contributed by atoms with Gasteiger partial charge in [-0.15, -0.1) is 0 Å². The molecule has 3 rings (SSSR count). The van der Waals surface area contributed by atoms with Gasteiger partial charge in [-0.2, -0.15) is 4.98 Å². The highest BCUT2D eigenvalue weighted by molar-refractivity contribution is 9.10. The molecule has 0 spiro atoms. The topological polar surface area (TPSA) is 64.9 Å². The number of nitrogen functional groups attached to an aromatic ring is 1. The van der Waals surface area contributed by atoms with E-state index in [0.717, 1.165) is 26.7 Å². The summed E-state index contributed by atoms with van der Waals surface area (Å²) in [7, 11) is 0. The molecule has 2 N–H and O–H groups in total. The van der Waals surface area contributed by atoms with E-state index in [-0.39, 0.29) is 0 Å². The molecule has 0 amide bonds. The van der Waals surface area contributed by atoms with Crippen molar-refractivity contribution in [1.29, 1.82) is 0 Å². The van der Waals surface area contributed by atoms with Gasteiger partial charge in [0.25, 0.3) is 5.89 Å². The van der Waals surface area contributed by atoms with Crippen LogP contribution in [0.1, 0.15) is 11.1 Å². The normalized spacial score (nSPS) is 10.8. The zero-order valence-corrected chi connectivity index (χ0v) is 13.3. The summed E-state index contributed by atoms with van der Waals surface area (Å²) in [5.41, 5.74) is 10.5. The molecule has 5 heteroatoms. The average Bonchev–Trinajstić information content (AvgIpc) is 2.91. The summed E-state index contributed by atoms with van der Waals surface area (Å²) in [6, 6.07) is 11.6. The van der Waals surface area contributed by atoms with Crippen molar-refractivity contribution in [3.63, 3.8) is 0 Å². The third kappa shape index (κ3) is 2.56. The minimum atomic E-state index is 0.483. The van der Waals surface area contributed by atoms with Gasteiger partial charge in [-0.1, -0.05) is 27.2 Å². The fourth-order valence-corrected chi connectivity index (χ4v) is 2.68. The van der Waals surface area contributed by atoms with Crippen LogP contribution in [-0.4, -0.2) is 10.1 Å². The number of nitrogens with zero attached hydrogens (tertiary/aromatic N) is 2. The number of anilines is 1. The molecule has 2 aromatic carbocycles. The van der Waals surface area contributed by atoms with Gasteiger partial charge in [0.15, 0.2) is 0 Å². The summed E-state index contributed by atoms with van der Waals surface area (Å²) in [5.74, 6) is 1.06. The first kappa shape index (κ1) is 13.8. The maximum atomic E-state index is 5.92. The molecule has 1 aromatic heterocycles. The van der Waals surface area contributed by atoms with Crippen molar-refractivity contribution in [2.45, 2.75) is 13.8 Å². The molecule has 106 valence electrons. The van der Waals surface area contributed by atoms with E-state index in [4.69, 9.17) is 10.3 Å². The highest BCUT2D eigenvalue weighted by Crippen LogP contribution is 2.29. The molecule has 0 fully saturated rings. The smallest absolute Gasteiger partial charge is 0.258 e. The van der Waals surface area contributed by atoms with E-state index in [1.807, 2.05) is 50.2 Å². The van der Waals surface area contributed by atoms with Crippen LogP contribution in [0.4, 0.5) is 5.69 Å². The van der Waals surface area contributed by atoms with Crippen molar-refractivity contribution in [2.75, 3.05) is 5.73 Å². The molecule has 3 aromatic rings. The van der Waals surface area contributed by atoms with Gasteiger partial charge in [-0.3, -0.25) is 0 Å². The van der Waals surface area contributed by atoms with E-state index >= 15 is 0 Å². The predicted octanol–water partition coefficient (Wildman–Crippen LogP) is 4.37. The summed E-state index contributed by atoms with van der Waals surface area (Å²) in [5, 5.41) is 4.08. The Labute approximate surface area is 131 Å². The second kappa shape index (κ2) is 5.33. The Hall–Kier alpha value is -2.14. The Morgan fingerprint density at radius 1 is 1.10 bits per heavy atom. The van der Waals surface area contributed by atoms with Crippen molar-refractivity contribution in [2.24, 2.45) is 0 Å². The number of aryl methyl sites for hydroxylation is 1. The van der Waals surface area contributed by atoms with Crippen LogP contribution in [0.2, 0.25) is 0 Å². The van der Waals surface area contributed by atoms with Crippen LogP contribution >= 0.6 is 15.9 Å². The Morgan fingerprint density at radius 2 is 1.90 bits per heavy atom. The second-order valence-corrected chi connectivity index (χ2v) is 5.82. The Bertz CT molecular complexity index is 811. The zero-order valence-electron chi connectivity index (χ0n) is 11.7. The number of halogens is 1. The Kier molecular flexibility index (Phi) is 3.51. The van der Waals surface area contributed by atoms with Crippen molar-refractivity contribution in [3.8, 4) is 22.8 Å². The van der Waals surface area contributed by atoms with Crippen LogP contribution in [0.15, 0.2) is 45.4 Å². The molecule has 0 bridgehead atoms. The molecule has 21 heavy (non-hydrogen) atoms. The minimum Gasteiger partial charge on any atom is -0.398 e. The van der Waals surface area contributed by atoms with Gasteiger partial charge in [0, 0.05) is 21.3 Å². The number of nitrogens with two attached hydrogens (primary N) is 1. The quantitative estimate of drug-likeness (QED) is 0.702. The standard InChI is InChI=1S/C16H14BrN3O/c1-9-8-11(17)6-7-12(9)15-19-16(21-20-15)13-4-3-5-14(18)10(13)2/h3-8H,18H2,1-2H3. The van der Waals surface area contributed by atoms with E-state index in [2.05, 4.69) is 26.1 Å². The Balaban J connectivity index is 2.06.